The summed E-state index contributed by atoms with van der Waals surface area (Å²) >= 11 is 0. The highest BCUT2D eigenvalue weighted by Gasteiger charge is 2.32. The Morgan fingerprint density at radius 1 is 0.727 bits per heavy atom. The summed E-state index contributed by atoms with van der Waals surface area (Å²) in [6.45, 7) is 5.29. The molecule has 55 heavy (non-hydrogen) atoms. The number of ether oxygens (including phenoxy) is 2. The molecular weight excluding hydrogens is 702 g/mol. The molecule has 13 nitrogen and oxygen atoms in total. The normalized spacial score (nSPS) is 12.9. The second kappa shape index (κ2) is 18.1. The molecule has 0 spiro atoms. The Kier molecular flexibility index (Phi) is 13.1. The van der Waals surface area contributed by atoms with Crippen molar-refractivity contribution < 1.29 is 38.6 Å². The molecule has 4 amide bonds. The predicted octanol–water partition coefficient (Wildman–Crippen LogP) is 4.81. The molecule has 5 rings (SSSR count). The van der Waals surface area contributed by atoms with E-state index >= 15 is 0 Å². The Hall–Kier alpha value is -6.37. The third-order valence-electron chi connectivity index (χ3n) is 8.88. The summed E-state index contributed by atoms with van der Waals surface area (Å²) in [5.41, 5.74) is 2.36. The standard InChI is InChI=1S/C42H47N5O8/c1-42(2,3)55-41(53)47-35(23-30-25-44-33-12-8-7-11-32(30)33)40(52)45-34(22-27-13-16-28-9-5-6-10-29(28)21-27)39(51)46-36(24-37(48)49)38(50)43-20-19-26-14-17-31(54-4)18-15-26/h5-18,21,25,34-36,44H,19-20,22-24H2,1-4H3,(H,43,50)(H,45,52)(H,46,51)(H,47,53)(H,48,49)/t34-,35+,36-/m1/s1. The Morgan fingerprint density at radius 2 is 1.36 bits per heavy atom. The molecule has 5 aromatic rings. The van der Waals surface area contributed by atoms with E-state index in [9.17, 15) is 29.1 Å². The first-order valence-corrected chi connectivity index (χ1v) is 18.0. The third kappa shape index (κ3) is 11.6. The lowest BCUT2D eigenvalue weighted by atomic mass is 9.99. The van der Waals surface area contributed by atoms with Crippen molar-refractivity contribution >= 4 is 51.5 Å². The molecule has 1 heterocycles. The first-order chi connectivity index (χ1) is 26.3. The van der Waals surface area contributed by atoms with E-state index < -0.39 is 59.9 Å². The Bertz CT molecular complexity index is 2140. The second-order valence-electron chi connectivity index (χ2n) is 14.3. The molecule has 1 aromatic heterocycles. The number of amides is 4. The summed E-state index contributed by atoms with van der Waals surface area (Å²) < 4.78 is 10.7. The Balaban J connectivity index is 1.38. The van der Waals surface area contributed by atoms with Crippen molar-refractivity contribution in [1.29, 1.82) is 0 Å². The van der Waals surface area contributed by atoms with Crippen LogP contribution in [0.15, 0.2) is 97.2 Å². The monoisotopic (exact) mass is 749 g/mol. The van der Waals surface area contributed by atoms with Crippen molar-refractivity contribution in [2.75, 3.05) is 13.7 Å². The van der Waals surface area contributed by atoms with Gasteiger partial charge in [-0.25, -0.2) is 4.79 Å². The van der Waals surface area contributed by atoms with Crippen LogP contribution in [-0.2, 0) is 43.2 Å². The number of rotatable bonds is 16. The van der Waals surface area contributed by atoms with Gasteiger partial charge in [0, 0.05) is 36.5 Å². The number of hydrogen-bond acceptors (Lipinski definition) is 7. The summed E-state index contributed by atoms with van der Waals surface area (Å²) in [5.74, 6) is -2.76. The van der Waals surface area contributed by atoms with Crippen LogP contribution in [0.3, 0.4) is 0 Å². The van der Waals surface area contributed by atoms with E-state index in [4.69, 9.17) is 9.47 Å². The van der Waals surface area contributed by atoms with E-state index in [0.717, 1.165) is 32.8 Å². The minimum atomic E-state index is -1.45. The molecule has 4 aromatic carbocycles. The van der Waals surface area contributed by atoms with Gasteiger partial charge in [0.1, 0.15) is 29.5 Å². The van der Waals surface area contributed by atoms with Crippen molar-refractivity contribution in [3.63, 3.8) is 0 Å². The van der Waals surface area contributed by atoms with Crippen molar-refractivity contribution in [2.45, 2.75) is 70.2 Å². The maximum absolute atomic E-state index is 14.2. The topological polar surface area (TPSA) is 188 Å². The van der Waals surface area contributed by atoms with Crippen LogP contribution in [0.2, 0.25) is 0 Å². The lowest BCUT2D eigenvalue weighted by Gasteiger charge is -2.26. The van der Waals surface area contributed by atoms with Crippen LogP contribution in [0.25, 0.3) is 21.7 Å². The van der Waals surface area contributed by atoms with E-state index in [1.165, 1.54) is 0 Å². The molecule has 0 aliphatic carbocycles. The number of aromatic amines is 1. The number of methoxy groups -OCH3 is 1. The smallest absolute Gasteiger partial charge is 0.408 e. The van der Waals surface area contributed by atoms with Crippen LogP contribution in [0.5, 0.6) is 5.75 Å². The van der Waals surface area contributed by atoms with E-state index in [1.807, 2.05) is 78.9 Å². The van der Waals surface area contributed by atoms with Crippen LogP contribution in [-0.4, -0.2) is 77.3 Å². The van der Waals surface area contributed by atoms with Gasteiger partial charge in [-0.1, -0.05) is 72.8 Å². The molecule has 3 atom stereocenters. The molecular formula is C42H47N5O8. The van der Waals surface area contributed by atoms with Crippen LogP contribution >= 0.6 is 0 Å². The summed E-state index contributed by atoms with van der Waals surface area (Å²) in [5, 5.41) is 23.2. The third-order valence-corrected chi connectivity index (χ3v) is 8.88. The number of carbonyl (C=O) groups excluding carboxylic acids is 4. The molecule has 13 heteroatoms. The number of carboxylic acid groups (broad SMARTS) is 1. The van der Waals surface area contributed by atoms with Crippen molar-refractivity contribution in [2.24, 2.45) is 0 Å². The number of benzene rings is 4. The van der Waals surface area contributed by atoms with E-state index in [0.29, 0.717) is 17.7 Å². The van der Waals surface area contributed by atoms with Gasteiger partial charge in [-0.2, -0.15) is 0 Å². The largest absolute Gasteiger partial charge is 0.497 e. The minimum absolute atomic E-state index is 0.00642. The fourth-order valence-electron chi connectivity index (χ4n) is 6.16. The average molecular weight is 750 g/mol. The maximum atomic E-state index is 14.2. The highest BCUT2D eigenvalue weighted by atomic mass is 16.6. The van der Waals surface area contributed by atoms with Gasteiger partial charge in [0.25, 0.3) is 0 Å². The molecule has 0 radical (unpaired) electrons. The Morgan fingerprint density at radius 3 is 2.05 bits per heavy atom. The van der Waals surface area contributed by atoms with Crippen molar-refractivity contribution in [3.8, 4) is 5.75 Å². The molecule has 6 N–H and O–H groups in total. The quantitative estimate of drug-likeness (QED) is 0.0829. The second-order valence-corrected chi connectivity index (χ2v) is 14.3. The number of para-hydroxylation sites is 1. The van der Waals surface area contributed by atoms with Gasteiger partial charge >= 0.3 is 12.1 Å². The van der Waals surface area contributed by atoms with Crippen LogP contribution in [0.4, 0.5) is 4.79 Å². The number of carboxylic acids is 1. The van der Waals surface area contributed by atoms with Crippen LogP contribution in [0, 0.1) is 0 Å². The van der Waals surface area contributed by atoms with E-state index in [1.54, 1.807) is 46.2 Å². The zero-order chi connectivity index (χ0) is 39.5. The number of aliphatic carboxylic acids is 1. The first-order valence-electron chi connectivity index (χ1n) is 18.0. The lowest BCUT2D eigenvalue weighted by Crippen LogP contribution is -2.58. The Labute approximate surface area is 319 Å². The summed E-state index contributed by atoms with van der Waals surface area (Å²) in [7, 11) is 1.56. The zero-order valence-corrected chi connectivity index (χ0v) is 31.3. The van der Waals surface area contributed by atoms with Crippen LogP contribution in [0.1, 0.15) is 43.9 Å². The SMILES string of the molecule is COc1ccc(CCNC(=O)[C@@H](CC(=O)O)NC(=O)[C@@H](Cc2ccc3ccccc3c2)NC(=O)[C@H](Cc2c[nH]c3ccccc23)NC(=O)OC(C)(C)C)cc1. The van der Waals surface area contributed by atoms with Gasteiger partial charge in [0.05, 0.1) is 13.5 Å². The first kappa shape index (κ1) is 39.8. The number of hydrogen-bond donors (Lipinski definition) is 6. The highest BCUT2D eigenvalue weighted by Crippen LogP contribution is 2.21. The number of aromatic nitrogens is 1. The highest BCUT2D eigenvalue weighted by molar-refractivity contribution is 5.96. The number of H-pyrrole nitrogens is 1. The number of fused-ring (bicyclic) bond motifs is 2. The summed E-state index contributed by atoms with van der Waals surface area (Å²) in [6.07, 6.45) is 0.735. The minimum Gasteiger partial charge on any atom is -0.497 e. The molecule has 0 bridgehead atoms. The molecule has 0 unspecified atom stereocenters. The maximum Gasteiger partial charge on any atom is 0.408 e. The molecule has 288 valence electrons. The van der Waals surface area contributed by atoms with Gasteiger partial charge in [-0.3, -0.25) is 19.2 Å². The van der Waals surface area contributed by atoms with Crippen molar-refractivity contribution in [1.82, 2.24) is 26.3 Å². The fraction of sp³-hybridized carbons (Fsp3) is 0.310. The molecule has 0 aliphatic rings. The number of alkyl carbamates (subject to hydrolysis) is 1. The predicted molar refractivity (Wildman–Crippen MR) is 209 cm³/mol. The summed E-state index contributed by atoms with van der Waals surface area (Å²) in [4.78, 5) is 69.7. The van der Waals surface area contributed by atoms with E-state index in [2.05, 4.69) is 26.3 Å². The van der Waals surface area contributed by atoms with Gasteiger partial charge in [-0.05, 0) is 72.9 Å². The van der Waals surface area contributed by atoms with E-state index in [-0.39, 0.29) is 19.4 Å². The van der Waals surface area contributed by atoms with Crippen LogP contribution < -0.4 is 26.0 Å². The molecule has 0 fully saturated rings. The van der Waals surface area contributed by atoms with Gasteiger partial charge < -0.3 is 40.8 Å². The number of nitrogens with one attached hydrogen (secondary N) is 5. The van der Waals surface area contributed by atoms with Gasteiger partial charge in [0.15, 0.2) is 0 Å². The molecule has 0 saturated carbocycles. The lowest BCUT2D eigenvalue weighted by molar-refractivity contribution is -0.141. The fourth-order valence-corrected chi connectivity index (χ4v) is 6.16. The molecule has 0 saturated heterocycles. The number of carbonyl (C=O) groups is 5. The zero-order valence-electron chi connectivity index (χ0n) is 31.3. The van der Waals surface area contributed by atoms with Gasteiger partial charge in [-0.15, -0.1) is 0 Å². The average Bonchev–Trinajstić information content (AvgIpc) is 3.55. The summed E-state index contributed by atoms with van der Waals surface area (Å²) in [6, 6.07) is 24.2. The van der Waals surface area contributed by atoms with Gasteiger partial charge in [0.2, 0.25) is 17.7 Å². The molecule has 0 aliphatic heterocycles. The van der Waals surface area contributed by atoms with Crippen molar-refractivity contribution in [3.05, 3.63) is 114 Å².